The van der Waals surface area contributed by atoms with Gasteiger partial charge < -0.3 is 10.6 Å². The summed E-state index contributed by atoms with van der Waals surface area (Å²) in [5.74, 6) is -1.41. The Morgan fingerprint density at radius 3 is 2.44 bits per heavy atom. The number of amides is 2. The van der Waals surface area contributed by atoms with E-state index < -0.39 is 11.8 Å². The Balaban J connectivity index is 2.06. The van der Waals surface area contributed by atoms with Gasteiger partial charge in [-0.05, 0) is 53.2 Å². The summed E-state index contributed by atoms with van der Waals surface area (Å²) in [7, 11) is 0. The predicted molar refractivity (Wildman–Crippen MR) is 96.1 cm³/mol. The molecule has 7 nitrogen and oxygen atoms in total. The molecule has 0 aliphatic rings. The molecule has 0 saturated carbocycles. The highest BCUT2D eigenvalue weighted by molar-refractivity contribution is 6.39. The van der Waals surface area contributed by atoms with Crippen LogP contribution in [0.3, 0.4) is 0 Å². The molecule has 0 aromatic carbocycles. The van der Waals surface area contributed by atoms with Crippen molar-refractivity contribution in [3.63, 3.8) is 0 Å². The molecule has 0 saturated heterocycles. The van der Waals surface area contributed by atoms with Crippen molar-refractivity contribution in [2.75, 3.05) is 5.32 Å². The molecule has 25 heavy (non-hydrogen) atoms. The number of carbonyl (C=O) groups is 2. The Bertz CT molecular complexity index is 789. The first kappa shape index (κ1) is 18.6. The first-order chi connectivity index (χ1) is 11.6. The standard InChI is InChI=1S/C18H25N5O2/c1-11-7-8-19-9-15(11)21-17(25)16(24)20-12(2)14-10-23(18(4,5)6)22-13(14)3/h7-10,12H,1-6H3,(H,20,24)(H,21,25)/t12-/m0/s1. The van der Waals surface area contributed by atoms with Crippen LogP contribution in [0.1, 0.15) is 50.6 Å². The summed E-state index contributed by atoms with van der Waals surface area (Å²) in [5, 5.41) is 9.78. The zero-order valence-electron chi connectivity index (χ0n) is 15.5. The van der Waals surface area contributed by atoms with Crippen LogP contribution in [0, 0.1) is 13.8 Å². The molecule has 7 heteroatoms. The third kappa shape index (κ3) is 4.43. The lowest BCUT2D eigenvalue weighted by molar-refractivity contribution is -0.136. The van der Waals surface area contributed by atoms with Gasteiger partial charge in [-0.1, -0.05) is 0 Å². The Morgan fingerprint density at radius 1 is 1.20 bits per heavy atom. The number of carbonyl (C=O) groups excluding carboxylic acids is 2. The molecule has 0 spiro atoms. The summed E-state index contributed by atoms with van der Waals surface area (Å²) >= 11 is 0. The van der Waals surface area contributed by atoms with E-state index in [-0.39, 0.29) is 11.6 Å². The van der Waals surface area contributed by atoms with Gasteiger partial charge in [0.2, 0.25) is 0 Å². The van der Waals surface area contributed by atoms with Gasteiger partial charge in [-0.2, -0.15) is 5.10 Å². The highest BCUT2D eigenvalue weighted by Gasteiger charge is 2.22. The fourth-order valence-electron chi connectivity index (χ4n) is 2.36. The zero-order valence-corrected chi connectivity index (χ0v) is 15.5. The molecule has 2 N–H and O–H groups in total. The molecule has 0 bridgehead atoms. The highest BCUT2D eigenvalue weighted by atomic mass is 16.2. The summed E-state index contributed by atoms with van der Waals surface area (Å²) < 4.78 is 1.86. The van der Waals surface area contributed by atoms with Crippen LogP contribution < -0.4 is 10.6 Å². The second-order valence-corrected chi connectivity index (χ2v) is 7.13. The molecule has 1 atom stereocenters. The number of rotatable bonds is 3. The number of hydrogen-bond acceptors (Lipinski definition) is 4. The minimum absolute atomic E-state index is 0.151. The van der Waals surface area contributed by atoms with E-state index in [2.05, 4.69) is 41.5 Å². The van der Waals surface area contributed by atoms with Crippen LogP contribution in [0.5, 0.6) is 0 Å². The number of hydrogen-bond donors (Lipinski definition) is 2. The lowest BCUT2D eigenvalue weighted by Crippen LogP contribution is -2.37. The molecule has 2 aromatic heterocycles. The van der Waals surface area contributed by atoms with Crippen molar-refractivity contribution >= 4 is 17.5 Å². The van der Waals surface area contributed by atoms with Crippen molar-refractivity contribution < 1.29 is 9.59 Å². The molecule has 0 aliphatic heterocycles. The molecule has 134 valence electrons. The van der Waals surface area contributed by atoms with Crippen LogP contribution in [-0.2, 0) is 15.1 Å². The van der Waals surface area contributed by atoms with Crippen molar-refractivity contribution in [1.82, 2.24) is 20.1 Å². The number of aromatic nitrogens is 3. The molecule has 0 unspecified atom stereocenters. The first-order valence-corrected chi connectivity index (χ1v) is 8.18. The number of nitrogens with one attached hydrogen (secondary N) is 2. The average molecular weight is 343 g/mol. The first-order valence-electron chi connectivity index (χ1n) is 8.18. The van der Waals surface area contributed by atoms with Gasteiger partial charge in [-0.25, -0.2) is 0 Å². The van der Waals surface area contributed by atoms with Crippen molar-refractivity contribution in [3.8, 4) is 0 Å². The van der Waals surface area contributed by atoms with Crippen molar-refractivity contribution in [2.45, 2.75) is 53.1 Å². The number of anilines is 1. The summed E-state index contributed by atoms with van der Waals surface area (Å²) in [5.41, 5.74) is 2.92. The van der Waals surface area contributed by atoms with Gasteiger partial charge in [0.05, 0.1) is 29.2 Å². The fourth-order valence-corrected chi connectivity index (χ4v) is 2.36. The lowest BCUT2D eigenvalue weighted by atomic mass is 10.1. The van der Waals surface area contributed by atoms with Gasteiger partial charge in [0, 0.05) is 18.0 Å². The fraction of sp³-hybridized carbons (Fsp3) is 0.444. The Labute approximate surface area is 147 Å². The normalized spacial score (nSPS) is 12.6. The third-order valence-electron chi connectivity index (χ3n) is 3.93. The molecule has 0 fully saturated rings. The largest absolute Gasteiger partial charge is 0.341 e. The number of pyridine rings is 1. The van der Waals surface area contributed by atoms with Gasteiger partial charge in [-0.3, -0.25) is 19.3 Å². The second kappa shape index (κ2) is 7.04. The van der Waals surface area contributed by atoms with Crippen LogP contribution in [0.15, 0.2) is 24.7 Å². The average Bonchev–Trinajstić information content (AvgIpc) is 2.91. The molecule has 2 rings (SSSR count). The Hall–Kier alpha value is -2.70. The van der Waals surface area contributed by atoms with Crippen molar-refractivity contribution in [1.29, 1.82) is 0 Å². The van der Waals surface area contributed by atoms with E-state index in [0.717, 1.165) is 16.8 Å². The van der Waals surface area contributed by atoms with Crippen LogP contribution in [0.4, 0.5) is 5.69 Å². The van der Waals surface area contributed by atoms with E-state index in [4.69, 9.17) is 0 Å². The molecule has 2 amide bonds. The van der Waals surface area contributed by atoms with Crippen LogP contribution in [0.25, 0.3) is 0 Å². The molecular formula is C18H25N5O2. The van der Waals surface area contributed by atoms with Gasteiger partial charge in [0.25, 0.3) is 0 Å². The number of nitrogens with zero attached hydrogens (tertiary/aromatic N) is 3. The van der Waals surface area contributed by atoms with Crippen LogP contribution in [-0.4, -0.2) is 26.6 Å². The third-order valence-corrected chi connectivity index (χ3v) is 3.93. The summed E-state index contributed by atoms with van der Waals surface area (Å²) in [6, 6.07) is 1.43. The van der Waals surface area contributed by atoms with E-state index in [1.165, 1.54) is 6.20 Å². The molecule has 2 aromatic rings. The van der Waals surface area contributed by atoms with E-state index in [1.807, 2.05) is 31.6 Å². The second-order valence-electron chi connectivity index (χ2n) is 7.13. The lowest BCUT2D eigenvalue weighted by Gasteiger charge is -2.19. The smallest absolute Gasteiger partial charge is 0.313 e. The van der Waals surface area contributed by atoms with E-state index in [1.54, 1.807) is 12.3 Å². The molecule has 2 heterocycles. The molecular weight excluding hydrogens is 318 g/mol. The van der Waals surface area contributed by atoms with Crippen molar-refractivity contribution in [3.05, 3.63) is 41.5 Å². The number of aryl methyl sites for hydroxylation is 2. The van der Waals surface area contributed by atoms with E-state index in [0.29, 0.717) is 5.69 Å². The van der Waals surface area contributed by atoms with Gasteiger partial charge >= 0.3 is 11.8 Å². The Morgan fingerprint density at radius 2 is 1.88 bits per heavy atom. The van der Waals surface area contributed by atoms with Crippen molar-refractivity contribution in [2.24, 2.45) is 0 Å². The molecule has 0 radical (unpaired) electrons. The maximum absolute atomic E-state index is 12.2. The highest BCUT2D eigenvalue weighted by Crippen LogP contribution is 2.21. The maximum atomic E-state index is 12.2. The summed E-state index contributed by atoms with van der Waals surface area (Å²) in [6.45, 7) is 11.7. The Kier molecular flexibility index (Phi) is 5.25. The molecule has 0 aliphatic carbocycles. The van der Waals surface area contributed by atoms with Crippen LogP contribution in [0.2, 0.25) is 0 Å². The SMILES string of the molecule is Cc1ccncc1NC(=O)C(=O)N[C@@H](C)c1cn(C(C)(C)C)nc1C. The van der Waals surface area contributed by atoms with E-state index >= 15 is 0 Å². The summed E-state index contributed by atoms with van der Waals surface area (Å²) in [6.07, 6.45) is 5.05. The minimum Gasteiger partial charge on any atom is -0.341 e. The van der Waals surface area contributed by atoms with Gasteiger partial charge in [0.15, 0.2) is 0 Å². The monoisotopic (exact) mass is 343 g/mol. The van der Waals surface area contributed by atoms with Crippen LogP contribution >= 0.6 is 0 Å². The van der Waals surface area contributed by atoms with Gasteiger partial charge in [-0.15, -0.1) is 0 Å². The quantitative estimate of drug-likeness (QED) is 0.838. The van der Waals surface area contributed by atoms with E-state index in [9.17, 15) is 9.59 Å². The minimum atomic E-state index is -0.719. The predicted octanol–water partition coefficient (Wildman–Crippen LogP) is 2.47. The summed E-state index contributed by atoms with van der Waals surface area (Å²) in [4.78, 5) is 28.2. The van der Waals surface area contributed by atoms with Gasteiger partial charge in [0.1, 0.15) is 0 Å². The topological polar surface area (TPSA) is 88.9 Å². The zero-order chi connectivity index (χ0) is 18.8. The maximum Gasteiger partial charge on any atom is 0.313 e.